The molecule has 1 aliphatic rings. The highest BCUT2D eigenvalue weighted by molar-refractivity contribution is 9.09. The molecule has 1 heterocycles. The van der Waals surface area contributed by atoms with Gasteiger partial charge in [-0.25, -0.2) is 8.42 Å². The third-order valence-corrected chi connectivity index (χ3v) is 7.65. The molecule has 2 rings (SSSR count). The molecule has 9 nitrogen and oxygen atoms in total. The second kappa shape index (κ2) is 10.6. The van der Waals surface area contributed by atoms with Gasteiger partial charge in [-0.1, -0.05) is 15.9 Å². The summed E-state index contributed by atoms with van der Waals surface area (Å²) >= 11 is 3.12. The van der Waals surface area contributed by atoms with Gasteiger partial charge in [0.15, 0.2) is 0 Å². The number of piperidine rings is 1. The minimum Gasteiger partial charge on any atom is -0.395 e. The van der Waals surface area contributed by atoms with Crippen LogP contribution in [-0.2, 0) is 16.2 Å². The Hall–Kier alpha value is -1.48. The molecule has 0 bridgehead atoms. The lowest BCUT2D eigenvalue weighted by molar-refractivity contribution is -0.385. The number of anilines is 1. The first-order valence-electron chi connectivity index (χ1n) is 9.82. The molecule has 0 aromatic heterocycles. The summed E-state index contributed by atoms with van der Waals surface area (Å²) in [4.78, 5) is 12.6. The molecule has 0 amide bonds. The van der Waals surface area contributed by atoms with Crippen molar-refractivity contribution in [2.45, 2.75) is 30.0 Å². The van der Waals surface area contributed by atoms with Crippen molar-refractivity contribution in [2.75, 3.05) is 57.1 Å². The number of nitro groups is 1. The maximum Gasteiger partial charge on any atom is 0.418 e. The van der Waals surface area contributed by atoms with Crippen LogP contribution in [0.2, 0.25) is 0 Å². The molecule has 1 aromatic rings. The fraction of sp³-hybridized carbons (Fsp3) is 0.667. The third kappa shape index (κ3) is 5.90. The summed E-state index contributed by atoms with van der Waals surface area (Å²) < 4.78 is 69.9. The van der Waals surface area contributed by atoms with Crippen molar-refractivity contribution < 1.29 is 31.6 Å². The number of alkyl halides is 4. The van der Waals surface area contributed by atoms with Crippen molar-refractivity contribution in [3.8, 4) is 0 Å². The van der Waals surface area contributed by atoms with Crippen molar-refractivity contribution in [3.63, 3.8) is 0 Å². The molecule has 1 aromatic carbocycles. The average molecular weight is 547 g/mol. The fourth-order valence-electron chi connectivity index (χ4n) is 3.73. The molecule has 32 heavy (non-hydrogen) atoms. The lowest BCUT2D eigenvalue weighted by atomic mass is 10.1. The Balaban J connectivity index is 2.72. The van der Waals surface area contributed by atoms with Crippen LogP contribution in [0, 0.1) is 10.1 Å². The van der Waals surface area contributed by atoms with Crippen LogP contribution in [0.5, 0.6) is 0 Å². The summed E-state index contributed by atoms with van der Waals surface area (Å²) in [5.74, 6) is 0. The zero-order valence-corrected chi connectivity index (χ0v) is 20.1. The van der Waals surface area contributed by atoms with Gasteiger partial charge in [0.2, 0.25) is 10.0 Å². The summed E-state index contributed by atoms with van der Waals surface area (Å²) in [5, 5.41) is 20.9. The van der Waals surface area contributed by atoms with Crippen LogP contribution in [0.4, 0.5) is 24.5 Å². The van der Waals surface area contributed by atoms with E-state index in [0.717, 1.165) is 9.21 Å². The zero-order valence-electron chi connectivity index (χ0n) is 17.7. The van der Waals surface area contributed by atoms with Gasteiger partial charge in [-0.15, -0.1) is 0 Å². The second-order valence-electron chi connectivity index (χ2n) is 7.59. The third-order valence-electron chi connectivity index (χ3n) is 5.39. The summed E-state index contributed by atoms with van der Waals surface area (Å²) in [7, 11) is -0.776. The van der Waals surface area contributed by atoms with Gasteiger partial charge in [0.05, 0.1) is 22.8 Å². The SMILES string of the molecule is CN(C)C1CCN(S(=O)(=O)c2cc([N+](=O)[O-])cc(C(F)(F)F)c2N(CCO)CCBr)CC1. The molecular formula is C18H26BrF3N4O5S. The number of hydrogen-bond donors (Lipinski definition) is 1. The number of sulfonamides is 1. The van der Waals surface area contributed by atoms with Gasteiger partial charge >= 0.3 is 6.18 Å². The van der Waals surface area contributed by atoms with Crippen LogP contribution in [0.3, 0.4) is 0 Å². The molecular weight excluding hydrogens is 521 g/mol. The monoisotopic (exact) mass is 546 g/mol. The first-order chi connectivity index (χ1) is 14.8. The predicted octanol–water partition coefficient (Wildman–Crippen LogP) is 2.52. The quantitative estimate of drug-likeness (QED) is 0.288. The second-order valence-corrected chi connectivity index (χ2v) is 10.3. The van der Waals surface area contributed by atoms with Crippen LogP contribution in [0.15, 0.2) is 17.0 Å². The van der Waals surface area contributed by atoms with Crippen molar-refractivity contribution in [2.24, 2.45) is 0 Å². The van der Waals surface area contributed by atoms with Crippen molar-refractivity contribution in [1.29, 1.82) is 0 Å². The molecule has 0 spiro atoms. The van der Waals surface area contributed by atoms with Gasteiger partial charge in [-0.3, -0.25) is 10.1 Å². The molecule has 1 aliphatic heterocycles. The van der Waals surface area contributed by atoms with E-state index < -0.39 is 49.6 Å². The first-order valence-corrected chi connectivity index (χ1v) is 12.4. The average Bonchev–Trinajstić information content (AvgIpc) is 2.72. The van der Waals surface area contributed by atoms with E-state index in [1.165, 1.54) is 0 Å². The topological polar surface area (TPSA) is 107 Å². The molecule has 0 aliphatic carbocycles. The smallest absolute Gasteiger partial charge is 0.395 e. The Morgan fingerprint density at radius 3 is 2.28 bits per heavy atom. The highest BCUT2D eigenvalue weighted by Crippen LogP contribution is 2.44. The Morgan fingerprint density at radius 1 is 1.25 bits per heavy atom. The van der Waals surface area contributed by atoms with E-state index in [-0.39, 0.29) is 37.6 Å². The number of hydrogen-bond acceptors (Lipinski definition) is 7. The summed E-state index contributed by atoms with van der Waals surface area (Å²) in [6.07, 6.45) is -4.10. The number of nitro benzene ring substituents is 1. The lowest BCUT2D eigenvalue weighted by Crippen LogP contribution is -2.45. The van der Waals surface area contributed by atoms with Crippen LogP contribution in [-0.4, -0.2) is 85.9 Å². The van der Waals surface area contributed by atoms with Crippen molar-refractivity contribution in [3.05, 3.63) is 27.8 Å². The summed E-state index contributed by atoms with van der Waals surface area (Å²) in [6.45, 7) is -0.709. The zero-order chi connectivity index (χ0) is 24.3. The van der Waals surface area contributed by atoms with E-state index in [1.807, 2.05) is 19.0 Å². The van der Waals surface area contributed by atoms with Crippen LogP contribution < -0.4 is 4.90 Å². The number of nitrogens with zero attached hydrogens (tertiary/aromatic N) is 4. The van der Waals surface area contributed by atoms with E-state index in [2.05, 4.69) is 15.9 Å². The summed E-state index contributed by atoms with van der Waals surface area (Å²) in [5.41, 5.74) is -3.08. The molecule has 0 saturated carbocycles. The Labute approximate surface area is 193 Å². The van der Waals surface area contributed by atoms with Gasteiger partial charge in [0, 0.05) is 49.7 Å². The number of benzene rings is 1. The first kappa shape index (κ1) is 26.8. The molecule has 182 valence electrons. The normalized spacial score (nSPS) is 16.5. The van der Waals surface area contributed by atoms with Gasteiger partial charge in [0.25, 0.3) is 5.69 Å². The number of rotatable bonds is 9. The largest absolute Gasteiger partial charge is 0.418 e. The molecule has 1 N–H and O–H groups in total. The molecule has 0 atom stereocenters. The van der Waals surface area contributed by atoms with Crippen molar-refractivity contribution >= 4 is 37.3 Å². The maximum absolute atomic E-state index is 13.9. The molecule has 0 radical (unpaired) electrons. The fourth-order valence-corrected chi connectivity index (χ4v) is 5.88. The molecule has 1 saturated heterocycles. The lowest BCUT2D eigenvalue weighted by Gasteiger charge is -2.36. The van der Waals surface area contributed by atoms with Gasteiger partial charge in [-0.05, 0) is 26.9 Å². The Morgan fingerprint density at radius 2 is 1.84 bits per heavy atom. The van der Waals surface area contributed by atoms with Crippen LogP contribution in [0.25, 0.3) is 0 Å². The Bertz CT molecular complexity index is 916. The highest BCUT2D eigenvalue weighted by atomic mass is 79.9. The standard InChI is InChI=1S/C18H26BrF3N4O5S/c1-23(2)13-3-6-25(7-4-13)32(30,31)16-12-14(26(28)29)11-15(18(20,21)22)17(16)24(8-5-19)9-10-27/h11-13,27H,3-10H2,1-2H3. The van der Waals surface area contributed by atoms with Gasteiger partial charge < -0.3 is 14.9 Å². The minimum atomic E-state index is -5.05. The number of halogens is 4. The van der Waals surface area contributed by atoms with Gasteiger partial charge in [-0.2, -0.15) is 17.5 Å². The maximum atomic E-state index is 13.9. The molecule has 1 fully saturated rings. The van der Waals surface area contributed by atoms with Crippen molar-refractivity contribution in [1.82, 2.24) is 9.21 Å². The van der Waals surface area contributed by atoms with Gasteiger partial charge in [0.1, 0.15) is 4.90 Å². The van der Waals surface area contributed by atoms with E-state index in [9.17, 15) is 36.8 Å². The number of aliphatic hydroxyl groups excluding tert-OH is 1. The molecule has 14 heteroatoms. The highest BCUT2D eigenvalue weighted by Gasteiger charge is 2.42. The number of aliphatic hydroxyl groups is 1. The Kier molecular flexibility index (Phi) is 8.90. The van der Waals surface area contributed by atoms with E-state index in [4.69, 9.17) is 0 Å². The van der Waals surface area contributed by atoms with E-state index in [0.29, 0.717) is 25.0 Å². The minimum absolute atomic E-state index is 0.0489. The number of non-ortho nitro benzene ring substituents is 1. The van der Waals surface area contributed by atoms with E-state index >= 15 is 0 Å². The summed E-state index contributed by atoms with van der Waals surface area (Å²) in [6, 6.07) is 1.14. The predicted molar refractivity (Wildman–Crippen MR) is 117 cm³/mol. The van der Waals surface area contributed by atoms with Crippen LogP contribution in [0.1, 0.15) is 18.4 Å². The van der Waals surface area contributed by atoms with E-state index in [1.54, 1.807) is 0 Å². The molecule has 0 unspecified atom stereocenters. The van der Waals surface area contributed by atoms with Crippen LogP contribution >= 0.6 is 15.9 Å².